The van der Waals surface area contributed by atoms with Gasteiger partial charge < -0.3 is 5.32 Å². The van der Waals surface area contributed by atoms with Crippen LogP contribution >= 0.6 is 0 Å². The average molecular weight is 390 g/mol. The minimum absolute atomic E-state index is 0.0188. The van der Waals surface area contributed by atoms with Gasteiger partial charge in [-0.1, -0.05) is 24.3 Å². The fourth-order valence-corrected chi connectivity index (χ4v) is 4.48. The van der Waals surface area contributed by atoms with Crippen molar-refractivity contribution in [3.8, 4) is 0 Å². The summed E-state index contributed by atoms with van der Waals surface area (Å²) in [7, 11) is -3.88. The maximum absolute atomic E-state index is 12.8. The third-order valence-electron chi connectivity index (χ3n) is 4.33. The molecule has 8 heteroatoms. The molecule has 3 rings (SSSR count). The smallest absolute Gasteiger partial charge is 0.269 e. The second-order valence-corrected chi connectivity index (χ2v) is 8.04. The van der Waals surface area contributed by atoms with Gasteiger partial charge in [0.05, 0.1) is 5.56 Å². The number of carbonyl (C=O) groups excluding carboxylic acids is 2. The Kier molecular flexibility index (Phi) is 5.55. The van der Waals surface area contributed by atoms with E-state index in [9.17, 15) is 22.4 Å². The van der Waals surface area contributed by atoms with E-state index in [1.807, 2.05) is 0 Å². The molecule has 0 saturated carbocycles. The summed E-state index contributed by atoms with van der Waals surface area (Å²) in [6, 6.07) is 12.2. The Morgan fingerprint density at radius 1 is 1.07 bits per heavy atom. The van der Waals surface area contributed by atoms with Crippen LogP contribution in [0.15, 0.2) is 53.4 Å². The van der Waals surface area contributed by atoms with Crippen molar-refractivity contribution >= 4 is 21.8 Å². The summed E-state index contributed by atoms with van der Waals surface area (Å²) >= 11 is 0. The minimum Gasteiger partial charge on any atom is -0.356 e. The number of amides is 2. The predicted molar refractivity (Wildman–Crippen MR) is 97.0 cm³/mol. The normalized spacial score (nSPS) is 14.9. The van der Waals surface area contributed by atoms with Gasteiger partial charge in [-0.3, -0.25) is 9.59 Å². The van der Waals surface area contributed by atoms with Crippen LogP contribution in [-0.4, -0.2) is 37.6 Å². The van der Waals surface area contributed by atoms with Crippen LogP contribution in [0.25, 0.3) is 0 Å². The first kappa shape index (κ1) is 19.0. The molecule has 0 atom stereocenters. The van der Waals surface area contributed by atoms with Crippen LogP contribution in [0.4, 0.5) is 4.39 Å². The molecule has 2 aromatic carbocycles. The Balaban J connectivity index is 1.46. The summed E-state index contributed by atoms with van der Waals surface area (Å²) in [4.78, 5) is 24.2. The number of sulfonamides is 1. The number of hydrogen-bond acceptors (Lipinski definition) is 4. The maximum Gasteiger partial charge on any atom is 0.269 e. The molecule has 6 nitrogen and oxygen atoms in total. The maximum atomic E-state index is 12.8. The lowest BCUT2D eigenvalue weighted by Crippen LogP contribution is -2.35. The molecular weight excluding hydrogens is 371 g/mol. The highest BCUT2D eigenvalue weighted by molar-refractivity contribution is 7.90. The molecule has 27 heavy (non-hydrogen) atoms. The van der Waals surface area contributed by atoms with Gasteiger partial charge in [-0.25, -0.2) is 17.1 Å². The Hall–Kier alpha value is -2.74. The van der Waals surface area contributed by atoms with Gasteiger partial charge in [0.1, 0.15) is 10.7 Å². The zero-order valence-electron chi connectivity index (χ0n) is 14.5. The van der Waals surface area contributed by atoms with Crippen molar-refractivity contribution < 1.29 is 22.4 Å². The van der Waals surface area contributed by atoms with Gasteiger partial charge in [-0.2, -0.15) is 0 Å². The Morgan fingerprint density at radius 3 is 2.48 bits per heavy atom. The van der Waals surface area contributed by atoms with E-state index >= 15 is 0 Å². The molecule has 0 saturated heterocycles. The molecule has 1 heterocycles. The Bertz CT molecular complexity index is 958. The lowest BCUT2D eigenvalue weighted by molar-refractivity contribution is -0.121. The quantitative estimate of drug-likeness (QED) is 0.734. The van der Waals surface area contributed by atoms with Crippen LogP contribution in [0.2, 0.25) is 0 Å². The van der Waals surface area contributed by atoms with Crippen LogP contribution in [-0.2, 0) is 21.2 Å². The first-order valence-electron chi connectivity index (χ1n) is 8.57. The molecule has 0 spiro atoms. The van der Waals surface area contributed by atoms with E-state index in [1.165, 1.54) is 24.3 Å². The van der Waals surface area contributed by atoms with Gasteiger partial charge in [-0.15, -0.1) is 0 Å². The fraction of sp³-hybridized carbons (Fsp3) is 0.263. The van der Waals surface area contributed by atoms with Gasteiger partial charge in [-0.05, 0) is 42.7 Å². The zero-order valence-corrected chi connectivity index (χ0v) is 15.3. The van der Waals surface area contributed by atoms with E-state index in [4.69, 9.17) is 0 Å². The highest BCUT2D eigenvalue weighted by atomic mass is 32.2. The Morgan fingerprint density at radius 2 is 1.78 bits per heavy atom. The van der Waals surface area contributed by atoms with Crippen LogP contribution in [0.5, 0.6) is 0 Å². The lowest BCUT2D eigenvalue weighted by atomic mass is 10.1. The van der Waals surface area contributed by atoms with E-state index in [2.05, 4.69) is 5.32 Å². The van der Waals surface area contributed by atoms with Gasteiger partial charge in [0.15, 0.2) is 0 Å². The van der Waals surface area contributed by atoms with E-state index < -0.39 is 15.9 Å². The molecule has 0 aliphatic carbocycles. The molecule has 0 unspecified atom stereocenters. The van der Waals surface area contributed by atoms with Gasteiger partial charge in [0, 0.05) is 19.5 Å². The predicted octanol–water partition coefficient (Wildman–Crippen LogP) is 2.11. The van der Waals surface area contributed by atoms with Gasteiger partial charge >= 0.3 is 0 Å². The molecule has 2 aromatic rings. The molecule has 0 radical (unpaired) electrons. The summed E-state index contributed by atoms with van der Waals surface area (Å²) in [5.41, 5.74) is 1.11. The first-order valence-corrected chi connectivity index (χ1v) is 10.0. The van der Waals surface area contributed by atoms with Crippen molar-refractivity contribution in [3.05, 3.63) is 65.5 Å². The number of aryl methyl sites for hydroxylation is 1. The molecule has 142 valence electrons. The summed E-state index contributed by atoms with van der Waals surface area (Å²) < 4.78 is 38.4. The average Bonchev–Trinajstić information content (AvgIpc) is 2.85. The molecule has 0 fully saturated rings. The molecule has 1 aliphatic heterocycles. The highest BCUT2D eigenvalue weighted by Crippen LogP contribution is 2.29. The number of carbonyl (C=O) groups is 2. The number of nitrogens with one attached hydrogen (secondary N) is 1. The van der Waals surface area contributed by atoms with E-state index in [0.717, 1.165) is 9.87 Å². The summed E-state index contributed by atoms with van der Waals surface area (Å²) in [6.45, 7) is 0.219. The first-order chi connectivity index (χ1) is 12.9. The SMILES string of the molecule is O=C(CCN1C(=O)c2ccccc2S1(=O)=O)NCCCc1ccc(F)cc1. The van der Waals surface area contributed by atoms with Crippen LogP contribution in [0.1, 0.15) is 28.8 Å². The second kappa shape index (κ2) is 7.87. The summed E-state index contributed by atoms with van der Waals surface area (Å²) in [5.74, 6) is -1.22. The molecule has 1 N–H and O–H groups in total. The third-order valence-corrected chi connectivity index (χ3v) is 6.17. The number of rotatable bonds is 7. The largest absolute Gasteiger partial charge is 0.356 e. The number of benzene rings is 2. The van der Waals surface area contributed by atoms with Crippen LogP contribution in [0, 0.1) is 5.82 Å². The summed E-state index contributed by atoms with van der Waals surface area (Å²) in [6.07, 6.45) is 1.26. The lowest BCUT2D eigenvalue weighted by Gasteiger charge is -2.14. The topological polar surface area (TPSA) is 83.6 Å². The Labute approximate surface area is 157 Å². The monoisotopic (exact) mass is 390 g/mol. The van der Waals surface area contributed by atoms with Gasteiger partial charge in [0.2, 0.25) is 5.91 Å². The van der Waals surface area contributed by atoms with Crippen LogP contribution < -0.4 is 5.32 Å². The van der Waals surface area contributed by atoms with Crippen molar-refractivity contribution in [1.29, 1.82) is 0 Å². The second-order valence-electron chi connectivity index (χ2n) is 6.21. The highest BCUT2D eigenvalue weighted by Gasteiger charge is 2.40. The number of halogens is 1. The molecular formula is C19H19FN2O4S. The van der Waals surface area contributed by atoms with Crippen molar-refractivity contribution in [2.45, 2.75) is 24.2 Å². The number of hydrogen-bond donors (Lipinski definition) is 1. The van der Waals surface area contributed by atoms with Crippen molar-refractivity contribution in [2.24, 2.45) is 0 Å². The standard InChI is InChI=1S/C19H19FN2O4S/c20-15-9-7-14(8-10-15)4-3-12-21-18(23)11-13-22-19(24)16-5-1-2-6-17(16)27(22,25)26/h1-2,5-10H,3-4,11-13H2,(H,21,23). The zero-order chi connectivity index (χ0) is 19.4. The van der Waals surface area contributed by atoms with Crippen LogP contribution in [0.3, 0.4) is 0 Å². The van der Waals surface area contributed by atoms with Crippen molar-refractivity contribution in [1.82, 2.24) is 9.62 Å². The van der Waals surface area contributed by atoms with E-state index in [0.29, 0.717) is 19.4 Å². The number of fused-ring (bicyclic) bond motifs is 1. The summed E-state index contributed by atoms with van der Waals surface area (Å²) in [5, 5.41) is 2.71. The number of nitrogens with zero attached hydrogens (tertiary/aromatic N) is 1. The van der Waals surface area contributed by atoms with Crippen molar-refractivity contribution in [3.63, 3.8) is 0 Å². The van der Waals surface area contributed by atoms with E-state index in [-0.39, 0.29) is 35.1 Å². The van der Waals surface area contributed by atoms with E-state index in [1.54, 1.807) is 24.3 Å². The third kappa shape index (κ3) is 4.16. The van der Waals surface area contributed by atoms with Crippen molar-refractivity contribution in [2.75, 3.05) is 13.1 Å². The minimum atomic E-state index is -3.88. The fourth-order valence-electron chi connectivity index (χ4n) is 2.92. The van der Waals surface area contributed by atoms with Gasteiger partial charge in [0.25, 0.3) is 15.9 Å². The molecule has 0 aromatic heterocycles. The molecule has 1 aliphatic rings. The molecule has 2 amide bonds. The molecule has 0 bridgehead atoms.